The van der Waals surface area contributed by atoms with Crippen LogP contribution in [0.15, 0.2) is 0 Å². The van der Waals surface area contributed by atoms with Crippen LogP contribution in [0.5, 0.6) is 0 Å². The third kappa shape index (κ3) is 17.6. The fourth-order valence-electron chi connectivity index (χ4n) is 5.00. The van der Waals surface area contributed by atoms with Crippen molar-refractivity contribution in [3.05, 3.63) is 0 Å². The van der Waals surface area contributed by atoms with Crippen LogP contribution in [0, 0.1) is 0 Å². The summed E-state index contributed by atoms with van der Waals surface area (Å²) in [5.41, 5.74) is 0. The maximum absolute atomic E-state index is 5.73. The van der Waals surface area contributed by atoms with Gasteiger partial charge in [0, 0.05) is 59.5 Å². The minimum Gasteiger partial charge on any atom is -0.370 e. The van der Waals surface area contributed by atoms with Gasteiger partial charge in [-0.1, -0.05) is 0 Å². The van der Waals surface area contributed by atoms with Crippen molar-refractivity contribution in [1.82, 2.24) is 0 Å². The molecule has 12 nitrogen and oxygen atoms in total. The van der Waals surface area contributed by atoms with Crippen LogP contribution in [-0.4, -0.2) is 116 Å². The molecule has 0 aromatic rings. The lowest BCUT2D eigenvalue weighted by molar-refractivity contribution is -0.395. The van der Waals surface area contributed by atoms with Crippen LogP contribution in [0.4, 0.5) is 0 Å². The third-order valence-corrected chi connectivity index (χ3v) is 7.92. The second-order valence-electron chi connectivity index (χ2n) is 11.5. The minimum atomic E-state index is -1.01. The van der Waals surface area contributed by atoms with Crippen molar-refractivity contribution in [3.8, 4) is 0 Å². The van der Waals surface area contributed by atoms with Gasteiger partial charge in [0.1, 0.15) is 19.8 Å². The van der Waals surface area contributed by atoms with E-state index in [-0.39, 0.29) is 0 Å². The lowest BCUT2D eigenvalue weighted by Crippen LogP contribution is -2.45. The molecule has 3 aliphatic rings. The Bertz CT molecular complexity index is 584. The van der Waals surface area contributed by atoms with Gasteiger partial charge in [0.15, 0.2) is 0 Å². The Morgan fingerprint density at radius 2 is 0.479 bits per heavy atom. The predicted molar refractivity (Wildman–Crippen MR) is 184 cm³/mol. The molecule has 0 N–H and O–H groups in total. The quantitative estimate of drug-likeness (QED) is 0.0829. The Hall–Kier alpha value is -0.480. The molecule has 3 rings (SSSR count). The summed E-state index contributed by atoms with van der Waals surface area (Å²) in [5, 5.41) is 0. The second kappa shape index (κ2) is 27.2. The summed E-state index contributed by atoms with van der Waals surface area (Å²) in [6, 6.07) is 0. The molecular formula is C36H72O12. The first-order valence-electron chi connectivity index (χ1n) is 18.9. The van der Waals surface area contributed by atoms with Gasteiger partial charge in [-0.2, -0.15) is 0 Å². The summed E-state index contributed by atoms with van der Waals surface area (Å²) in [6.45, 7) is 23.4. The highest BCUT2D eigenvalue weighted by atomic mass is 16.9. The Balaban J connectivity index is 0.000000360. The van der Waals surface area contributed by atoms with E-state index in [0.717, 1.165) is 38.5 Å². The van der Waals surface area contributed by atoms with Gasteiger partial charge in [0.05, 0.1) is 18.3 Å². The largest absolute Gasteiger partial charge is 0.370 e. The van der Waals surface area contributed by atoms with Gasteiger partial charge in [0.25, 0.3) is 0 Å². The molecule has 0 heterocycles. The lowest BCUT2D eigenvalue weighted by atomic mass is 9.96. The molecule has 288 valence electrons. The molecule has 0 aliphatic heterocycles. The molecule has 3 fully saturated rings. The fraction of sp³-hybridized carbons (Fsp3) is 1.00. The zero-order valence-electron chi connectivity index (χ0n) is 32.0. The van der Waals surface area contributed by atoms with Gasteiger partial charge >= 0.3 is 17.9 Å². The van der Waals surface area contributed by atoms with E-state index in [1.165, 1.54) is 19.3 Å². The molecule has 0 atom stereocenters. The van der Waals surface area contributed by atoms with E-state index in [9.17, 15) is 0 Å². The van der Waals surface area contributed by atoms with Gasteiger partial charge in [-0.25, -0.2) is 0 Å². The summed E-state index contributed by atoms with van der Waals surface area (Å²) in [5.74, 6) is -3.02. The second-order valence-corrected chi connectivity index (χ2v) is 11.5. The zero-order valence-corrected chi connectivity index (χ0v) is 32.0. The summed E-state index contributed by atoms with van der Waals surface area (Å²) in [6.07, 6.45) is 11.7. The van der Waals surface area contributed by atoms with Crippen LogP contribution in [0.2, 0.25) is 0 Å². The van der Waals surface area contributed by atoms with Crippen LogP contribution >= 0.6 is 0 Å². The van der Waals surface area contributed by atoms with Crippen molar-refractivity contribution in [2.24, 2.45) is 0 Å². The molecule has 3 saturated carbocycles. The van der Waals surface area contributed by atoms with E-state index >= 15 is 0 Å². The average molecular weight is 697 g/mol. The van der Waals surface area contributed by atoms with E-state index in [2.05, 4.69) is 0 Å². The fourth-order valence-corrected chi connectivity index (χ4v) is 5.00. The van der Waals surface area contributed by atoms with E-state index in [1.54, 1.807) is 0 Å². The SMILES string of the molecule is CCOC(COC1CCC1)(OCC)OCC.CCOC(COC1CCC1)(OCC)OCC.CCOC(COC1CCC1)(OCC)OCC. The molecule has 0 aromatic carbocycles. The molecule has 0 unspecified atom stereocenters. The first kappa shape index (κ1) is 45.5. The predicted octanol–water partition coefficient (Wildman–Crippen LogP) is 6.96. The molecule has 0 amide bonds. The number of hydrogen-bond donors (Lipinski definition) is 0. The van der Waals surface area contributed by atoms with E-state index in [0.29, 0.717) is 97.6 Å². The van der Waals surface area contributed by atoms with Crippen LogP contribution < -0.4 is 0 Å². The first-order valence-corrected chi connectivity index (χ1v) is 18.9. The molecular weight excluding hydrogens is 624 g/mol. The molecule has 48 heavy (non-hydrogen) atoms. The highest BCUT2D eigenvalue weighted by Crippen LogP contribution is 2.27. The summed E-state index contributed by atoms with van der Waals surface area (Å²) in [4.78, 5) is 0. The molecule has 0 saturated heterocycles. The van der Waals surface area contributed by atoms with Crippen molar-refractivity contribution in [3.63, 3.8) is 0 Å². The van der Waals surface area contributed by atoms with Crippen LogP contribution in [-0.2, 0) is 56.8 Å². The van der Waals surface area contributed by atoms with Gasteiger partial charge in [-0.05, 0) is 120 Å². The van der Waals surface area contributed by atoms with Crippen molar-refractivity contribution >= 4 is 0 Å². The molecule has 0 radical (unpaired) electrons. The van der Waals surface area contributed by atoms with Gasteiger partial charge in [0.2, 0.25) is 0 Å². The van der Waals surface area contributed by atoms with Crippen LogP contribution in [0.25, 0.3) is 0 Å². The minimum absolute atomic E-state index is 0.354. The Morgan fingerprint density at radius 3 is 0.583 bits per heavy atom. The highest BCUT2D eigenvalue weighted by Gasteiger charge is 2.37. The summed E-state index contributed by atoms with van der Waals surface area (Å²) < 4.78 is 67.2. The third-order valence-electron chi connectivity index (χ3n) is 7.92. The first-order chi connectivity index (χ1) is 23.3. The number of hydrogen-bond acceptors (Lipinski definition) is 12. The topological polar surface area (TPSA) is 111 Å². The summed E-state index contributed by atoms with van der Waals surface area (Å²) >= 11 is 0. The van der Waals surface area contributed by atoms with Crippen LogP contribution in [0.1, 0.15) is 120 Å². The van der Waals surface area contributed by atoms with Crippen molar-refractivity contribution in [1.29, 1.82) is 0 Å². The monoisotopic (exact) mass is 697 g/mol. The van der Waals surface area contributed by atoms with E-state index < -0.39 is 17.9 Å². The normalized spacial score (nSPS) is 17.4. The van der Waals surface area contributed by atoms with Gasteiger partial charge < -0.3 is 56.8 Å². The molecule has 0 aromatic heterocycles. The lowest BCUT2D eigenvalue weighted by Gasteiger charge is -2.35. The zero-order chi connectivity index (χ0) is 35.6. The van der Waals surface area contributed by atoms with Crippen molar-refractivity contribution < 1.29 is 56.8 Å². The van der Waals surface area contributed by atoms with Crippen LogP contribution in [0.3, 0.4) is 0 Å². The Kier molecular flexibility index (Phi) is 25.8. The maximum Gasteiger partial charge on any atom is 0.307 e. The smallest absolute Gasteiger partial charge is 0.307 e. The van der Waals surface area contributed by atoms with Gasteiger partial charge in [-0.15, -0.1) is 0 Å². The molecule has 0 bridgehead atoms. The Morgan fingerprint density at radius 1 is 0.312 bits per heavy atom. The van der Waals surface area contributed by atoms with Gasteiger partial charge in [-0.3, -0.25) is 0 Å². The number of rotatable bonds is 27. The molecule has 3 aliphatic carbocycles. The van der Waals surface area contributed by atoms with E-state index in [1.807, 2.05) is 62.3 Å². The number of ether oxygens (including phenoxy) is 12. The highest BCUT2D eigenvalue weighted by molar-refractivity contribution is 4.72. The maximum atomic E-state index is 5.73. The van der Waals surface area contributed by atoms with E-state index in [4.69, 9.17) is 56.8 Å². The standard InChI is InChI=1S/3C12H24O4/c3*1-4-14-12(15-5-2,16-6-3)10-13-11-8-7-9-11/h3*11H,4-10H2,1-3H3. The van der Waals surface area contributed by atoms with Crippen molar-refractivity contribution in [2.75, 3.05) is 79.3 Å². The average Bonchev–Trinajstić information content (AvgIpc) is 2.97. The van der Waals surface area contributed by atoms with Crippen molar-refractivity contribution in [2.45, 2.75) is 156 Å². The molecule has 12 heteroatoms. The molecule has 0 spiro atoms. The summed E-state index contributed by atoms with van der Waals surface area (Å²) in [7, 11) is 0. The Labute approximate surface area is 292 Å².